The number of hydrogen-bond acceptors (Lipinski definition) is 1. The van der Waals surface area contributed by atoms with Crippen LogP contribution in [0.3, 0.4) is 0 Å². The smallest absolute Gasteiger partial charge is 0.314 e. The molecule has 5 rings (SSSR count). The molecule has 3 nitrogen and oxygen atoms in total. The van der Waals surface area contributed by atoms with Gasteiger partial charge in [0.05, 0.1) is 0 Å². The maximum absolute atomic E-state index is 11.9. The number of nitrogens with one attached hydrogen (secondary N) is 2. The Labute approximate surface area is 143 Å². The summed E-state index contributed by atoms with van der Waals surface area (Å²) in [5, 5.41) is 5.99. The van der Waals surface area contributed by atoms with Gasteiger partial charge in [-0.1, -0.05) is 55.5 Å². The van der Waals surface area contributed by atoms with E-state index < -0.39 is 0 Å². The first-order valence-electron chi connectivity index (χ1n) is 8.99. The van der Waals surface area contributed by atoms with E-state index in [4.69, 9.17) is 0 Å². The molecule has 0 aromatic heterocycles. The maximum Gasteiger partial charge on any atom is 0.314 e. The lowest BCUT2D eigenvalue weighted by Crippen LogP contribution is -2.43. The lowest BCUT2D eigenvalue weighted by Gasteiger charge is -2.45. The maximum atomic E-state index is 11.9. The minimum absolute atomic E-state index is 0.0418. The van der Waals surface area contributed by atoms with E-state index in [0.29, 0.717) is 17.8 Å². The van der Waals surface area contributed by atoms with Crippen molar-refractivity contribution in [3.8, 4) is 0 Å². The quantitative estimate of drug-likeness (QED) is 0.878. The van der Waals surface area contributed by atoms with Crippen LogP contribution in [-0.4, -0.2) is 19.1 Å². The van der Waals surface area contributed by atoms with Crippen LogP contribution in [0.25, 0.3) is 0 Å². The molecule has 2 aromatic rings. The van der Waals surface area contributed by atoms with Crippen molar-refractivity contribution >= 4 is 6.03 Å². The van der Waals surface area contributed by atoms with Crippen molar-refractivity contribution < 1.29 is 4.79 Å². The van der Waals surface area contributed by atoms with E-state index in [2.05, 4.69) is 66.1 Å². The Hall–Kier alpha value is -2.29. The van der Waals surface area contributed by atoms with Crippen LogP contribution in [0.4, 0.5) is 4.79 Å². The van der Waals surface area contributed by atoms with Crippen LogP contribution < -0.4 is 10.6 Å². The SMILES string of the molecule is CCCNC(=O)NC[C@@H]1CC2c3ccccc3C1c1ccccc12. The van der Waals surface area contributed by atoms with Crippen LogP contribution in [0.5, 0.6) is 0 Å². The number of hydrogen-bond donors (Lipinski definition) is 2. The third kappa shape index (κ3) is 2.48. The Balaban J connectivity index is 1.60. The van der Waals surface area contributed by atoms with Crippen molar-refractivity contribution in [3.63, 3.8) is 0 Å². The fourth-order valence-electron chi connectivity index (χ4n) is 4.48. The van der Waals surface area contributed by atoms with E-state index in [1.54, 1.807) is 0 Å². The summed E-state index contributed by atoms with van der Waals surface area (Å²) in [4.78, 5) is 11.9. The summed E-state index contributed by atoms with van der Waals surface area (Å²) < 4.78 is 0. The van der Waals surface area contributed by atoms with Crippen molar-refractivity contribution in [2.45, 2.75) is 31.6 Å². The third-order valence-corrected chi connectivity index (χ3v) is 5.48. The monoisotopic (exact) mass is 320 g/mol. The number of carbonyl (C=O) groups is 1. The van der Waals surface area contributed by atoms with E-state index in [1.165, 1.54) is 22.3 Å². The highest BCUT2D eigenvalue weighted by atomic mass is 16.2. The average Bonchev–Trinajstić information content (AvgIpc) is 2.65. The van der Waals surface area contributed by atoms with Crippen LogP contribution in [0.15, 0.2) is 48.5 Å². The van der Waals surface area contributed by atoms with Crippen LogP contribution in [0.2, 0.25) is 0 Å². The van der Waals surface area contributed by atoms with Gasteiger partial charge in [0, 0.05) is 24.9 Å². The predicted octanol–water partition coefficient (Wildman–Crippen LogP) is 3.99. The fraction of sp³-hybridized carbons (Fsp3) is 0.381. The molecule has 0 fully saturated rings. The molecule has 0 unspecified atom stereocenters. The lowest BCUT2D eigenvalue weighted by molar-refractivity contribution is 0.236. The number of fused-ring (bicyclic) bond motifs is 1. The average molecular weight is 320 g/mol. The zero-order valence-corrected chi connectivity index (χ0v) is 14.1. The molecule has 0 aliphatic heterocycles. The molecular formula is C21H24N2O. The molecule has 0 saturated carbocycles. The van der Waals surface area contributed by atoms with Gasteiger partial charge in [-0.3, -0.25) is 0 Å². The molecule has 2 bridgehead atoms. The number of urea groups is 1. The Bertz CT molecular complexity index is 708. The Kier molecular flexibility index (Phi) is 4.01. The summed E-state index contributed by atoms with van der Waals surface area (Å²) in [5.41, 5.74) is 5.86. The van der Waals surface area contributed by atoms with Gasteiger partial charge in [0.15, 0.2) is 0 Å². The van der Waals surface area contributed by atoms with Crippen LogP contribution in [-0.2, 0) is 0 Å². The zero-order chi connectivity index (χ0) is 16.5. The molecule has 3 heteroatoms. The molecule has 0 spiro atoms. The van der Waals surface area contributed by atoms with E-state index in [1.807, 2.05) is 0 Å². The first kappa shape index (κ1) is 15.3. The molecule has 24 heavy (non-hydrogen) atoms. The van der Waals surface area contributed by atoms with Crippen molar-refractivity contribution in [2.24, 2.45) is 5.92 Å². The molecule has 2 aromatic carbocycles. The van der Waals surface area contributed by atoms with Gasteiger partial charge in [0.2, 0.25) is 0 Å². The molecule has 2 N–H and O–H groups in total. The first-order chi connectivity index (χ1) is 11.8. The Morgan fingerprint density at radius 1 is 0.958 bits per heavy atom. The van der Waals surface area contributed by atoms with Gasteiger partial charge in [-0.05, 0) is 41.0 Å². The fourth-order valence-corrected chi connectivity index (χ4v) is 4.48. The molecule has 0 saturated heterocycles. The molecule has 3 aliphatic carbocycles. The summed E-state index contributed by atoms with van der Waals surface area (Å²) in [5.74, 6) is 1.33. The van der Waals surface area contributed by atoms with Gasteiger partial charge in [-0.15, -0.1) is 0 Å². The second kappa shape index (κ2) is 6.31. The third-order valence-electron chi connectivity index (χ3n) is 5.48. The highest BCUT2D eigenvalue weighted by molar-refractivity contribution is 5.73. The highest BCUT2D eigenvalue weighted by Gasteiger charge is 2.42. The molecule has 124 valence electrons. The van der Waals surface area contributed by atoms with Gasteiger partial charge < -0.3 is 10.6 Å². The lowest BCUT2D eigenvalue weighted by atomic mass is 9.59. The van der Waals surface area contributed by atoms with Gasteiger partial charge in [0.1, 0.15) is 0 Å². The summed E-state index contributed by atoms with van der Waals surface area (Å²) in [6.45, 7) is 3.53. The van der Waals surface area contributed by atoms with Crippen molar-refractivity contribution in [3.05, 3.63) is 70.8 Å². The summed E-state index contributed by atoms with van der Waals surface area (Å²) >= 11 is 0. The van der Waals surface area contributed by atoms with E-state index in [9.17, 15) is 4.79 Å². The van der Waals surface area contributed by atoms with E-state index in [-0.39, 0.29) is 6.03 Å². The van der Waals surface area contributed by atoms with Crippen molar-refractivity contribution in [1.29, 1.82) is 0 Å². The number of benzene rings is 2. The normalized spacial score (nSPS) is 23.3. The van der Waals surface area contributed by atoms with Crippen molar-refractivity contribution in [1.82, 2.24) is 10.6 Å². The van der Waals surface area contributed by atoms with Gasteiger partial charge >= 0.3 is 6.03 Å². The minimum atomic E-state index is -0.0418. The van der Waals surface area contributed by atoms with Crippen LogP contribution in [0.1, 0.15) is 53.9 Å². The highest BCUT2D eigenvalue weighted by Crippen LogP contribution is 2.54. The molecule has 2 amide bonds. The van der Waals surface area contributed by atoms with E-state index in [0.717, 1.165) is 25.9 Å². The second-order valence-electron chi connectivity index (χ2n) is 6.92. The van der Waals surface area contributed by atoms with Gasteiger partial charge in [0.25, 0.3) is 0 Å². The molecular weight excluding hydrogens is 296 g/mol. The van der Waals surface area contributed by atoms with Gasteiger partial charge in [-0.2, -0.15) is 0 Å². The minimum Gasteiger partial charge on any atom is -0.338 e. The molecule has 1 atom stereocenters. The molecule has 3 aliphatic rings. The Morgan fingerprint density at radius 3 is 2.12 bits per heavy atom. The summed E-state index contributed by atoms with van der Waals surface area (Å²) in [7, 11) is 0. The van der Waals surface area contributed by atoms with Crippen LogP contribution >= 0.6 is 0 Å². The number of amides is 2. The standard InChI is InChI=1S/C21H24N2O/c1-2-11-22-21(24)23-13-14-12-19-15-7-3-5-9-17(15)20(14)18-10-6-4-8-16(18)19/h3-10,14,19-20H,2,11-13H2,1H3,(H2,22,23,24)/t14-,19?,20?/m0/s1. The van der Waals surface area contributed by atoms with Crippen molar-refractivity contribution in [2.75, 3.05) is 13.1 Å². The van der Waals surface area contributed by atoms with Gasteiger partial charge in [-0.25, -0.2) is 4.79 Å². The topological polar surface area (TPSA) is 41.1 Å². The predicted molar refractivity (Wildman–Crippen MR) is 96.4 cm³/mol. The summed E-state index contributed by atoms with van der Waals surface area (Å²) in [6.07, 6.45) is 2.08. The number of rotatable bonds is 4. The first-order valence-corrected chi connectivity index (χ1v) is 8.99. The van der Waals surface area contributed by atoms with E-state index >= 15 is 0 Å². The molecule has 0 heterocycles. The molecule has 0 radical (unpaired) electrons. The Morgan fingerprint density at radius 2 is 1.54 bits per heavy atom. The largest absolute Gasteiger partial charge is 0.338 e. The van der Waals surface area contributed by atoms with Crippen LogP contribution in [0, 0.1) is 5.92 Å². The second-order valence-corrected chi connectivity index (χ2v) is 6.92. The number of carbonyl (C=O) groups excluding carboxylic acids is 1. The zero-order valence-electron chi connectivity index (χ0n) is 14.1. The summed E-state index contributed by atoms with van der Waals surface area (Å²) in [6, 6.07) is 17.6.